The molecule has 2 aromatic rings. The molecule has 7 heteroatoms. The second kappa shape index (κ2) is 7.80. The average Bonchev–Trinajstić information content (AvgIpc) is 2.80. The molecule has 1 aliphatic carbocycles. The first-order chi connectivity index (χ1) is 15.0. The summed E-state index contributed by atoms with van der Waals surface area (Å²) in [6.45, 7) is 2.46. The molecule has 0 unspecified atom stereocenters. The van der Waals surface area contributed by atoms with Crippen LogP contribution in [0, 0.1) is 5.82 Å². The second-order valence-electron chi connectivity index (χ2n) is 8.20. The van der Waals surface area contributed by atoms with E-state index < -0.39 is 11.6 Å². The molecule has 0 radical (unpaired) electrons. The third-order valence-electron chi connectivity index (χ3n) is 6.22. The number of carbonyl (C=O) groups excluding carboxylic acids is 2. The Morgan fingerprint density at radius 2 is 1.81 bits per heavy atom. The van der Waals surface area contributed by atoms with Crippen molar-refractivity contribution in [2.45, 2.75) is 25.0 Å². The van der Waals surface area contributed by atoms with E-state index in [2.05, 4.69) is 4.90 Å². The van der Waals surface area contributed by atoms with Crippen molar-refractivity contribution in [3.05, 3.63) is 69.9 Å². The Labute approximate surface area is 184 Å². The fourth-order valence-electron chi connectivity index (χ4n) is 4.38. The monoisotopic (exact) mass is 439 g/mol. The number of rotatable bonds is 3. The Morgan fingerprint density at radius 1 is 1.06 bits per heavy atom. The number of nitrogens with zero attached hydrogens (tertiary/aromatic N) is 1. The normalized spacial score (nSPS) is 20.3. The van der Waals surface area contributed by atoms with Crippen molar-refractivity contribution in [2.75, 3.05) is 26.0 Å². The van der Waals surface area contributed by atoms with Crippen LogP contribution in [0.2, 0.25) is 0 Å². The molecule has 160 valence electrons. The first-order valence-corrected chi connectivity index (χ1v) is 11.3. The Hall–Kier alpha value is -2.64. The average molecular weight is 440 g/mol. The van der Waals surface area contributed by atoms with E-state index in [4.69, 9.17) is 9.47 Å². The zero-order chi connectivity index (χ0) is 21.6. The summed E-state index contributed by atoms with van der Waals surface area (Å²) >= 11 is 1.43. The van der Waals surface area contributed by atoms with Gasteiger partial charge in [-0.2, -0.15) is 0 Å². The van der Waals surface area contributed by atoms with Gasteiger partial charge >= 0.3 is 0 Å². The van der Waals surface area contributed by atoms with Crippen LogP contribution in [0.25, 0.3) is 5.76 Å². The lowest BCUT2D eigenvalue weighted by molar-refractivity contribution is -0.111. The van der Waals surface area contributed by atoms with Crippen molar-refractivity contribution in [1.29, 1.82) is 0 Å². The zero-order valence-corrected chi connectivity index (χ0v) is 18.0. The van der Waals surface area contributed by atoms with Gasteiger partial charge in [0.2, 0.25) is 11.6 Å². The number of piperidine rings is 1. The Balaban J connectivity index is 1.36. The van der Waals surface area contributed by atoms with E-state index >= 15 is 0 Å². The molecule has 0 bridgehead atoms. The molecule has 0 aromatic heterocycles. The number of benzene rings is 2. The van der Waals surface area contributed by atoms with Gasteiger partial charge in [-0.1, -0.05) is 12.1 Å². The first-order valence-electron chi connectivity index (χ1n) is 10.3. The number of halogens is 1. The highest BCUT2D eigenvalue weighted by molar-refractivity contribution is 8.04. The molecular formula is C24H22FNO4S. The molecule has 31 heavy (non-hydrogen) atoms. The van der Waals surface area contributed by atoms with Crippen molar-refractivity contribution >= 4 is 29.1 Å². The van der Waals surface area contributed by atoms with Gasteiger partial charge in [-0.05, 0) is 35.9 Å². The van der Waals surface area contributed by atoms with Crippen LogP contribution in [0.1, 0.15) is 34.3 Å². The van der Waals surface area contributed by atoms with Gasteiger partial charge in [0, 0.05) is 49.4 Å². The van der Waals surface area contributed by atoms with Crippen LogP contribution in [0.4, 0.5) is 4.39 Å². The number of allylic oxidation sites excluding steroid dienone is 1. The van der Waals surface area contributed by atoms with Crippen LogP contribution in [-0.4, -0.2) is 48.0 Å². The lowest BCUT2D eigenvalue weighted by atomic mass is 9.89. The van der Waals surface area contributed by atoms with Crippen molar-refractivity contribution < 1.29 is 23.5 Å². The van der Waals surface area contributed by atoms with Crippen LogP contribution in [0.3, 0.4) is 0 Å². The highest BCUT2D eigenvalue weighted by Gasteiger charge is 2.46. The second-order valence-corrected chi connectivity index (χ2v) is 9.19. The summed E-state index contributed by atoms with van der Waals surface area (Å²) in [5, 5.41) is 0. The van der Waals surface area contributed by atoms with E-state index in [1.165, 1.54) is 23.9 Å². The van der Waals surface area contributed by atoms with E-state index in [-0.39, 0.29) is 11.4 Å². The largest absolute Gasteiger partial charge is 0.497 e. The van der Waals surface area contributed by atoms with Gasteiger partial charge in [-0.3, -0.25) is 14.5 Å². The minimum Gasteiger partial charge on any atom is -0.497 e. The van der Waals surface area contributed by atoms with Crippen LogP contribution >= 0.6 is 11.8 Å². The van der Waals surface area contributed by atoms with Crippen molar-refractivity contribution in [2.24, 2.45) is 0 Å². The fourth-order valence-corrected chi connectivity index (χ4v) is 5.64. The number of fused-ring (bicyclic) bond motifs is 2. The number of thioether (sulfide) groups is 1. The predicted molar refractivity (Wildman–Crippen MR) is 116 cm³/mol. The number of ether oxygens (including phenoxy) is 2. The molecule has 1 fully saturated rings. The number of Topliss-reactive ketones (excluding diaryl/α,β-unsaturated/α-hetero) is 2. The lowest BCUT2D eigenvalue weighted by Gasteiger charge is -2.45. The minimum atomic E-state index is -0.488. The third kappa shape index (κ3) is 3.66. The molecule has 0 atom stereocenters. The molecule has 5 rings (SSSR count). The third-order valence-corrected chi connectivity index (χ3v) is 7.55. The van der Waals surface area contributed by atoms with Gasteiger partial charge in [0.25, 0.3) is 0 Å². The minimum absolute atomic E-state index is 0.226. The molecule has 0 amide bonds. The maximum atomic E-state index is 13.2. The molecule has 0 N–H and O–H groups in total. The van der Waals surface area contributed by atoms with Gasteiger partial charge in [0.1, 0.15) is 27.8 Å². The van der Waals surface area contributed by atoms with E-state index in [9.17, 15) is 14.0 Å². The Bertz CT molecular complexity index is 1090. The van der Waals surface area contributed by atoms with Gasteiger partial charge in [-0.15, -0.1) is 11.8 Å². The van der Waals surface area contributed by atoms with Crippen LogP contribution < -0.4 is 4.74 Å². The van der Waals surface area contributed by atoms with Crippen molar-refractivity contribution in [1.82, 2.24) is 4.90 Å². The van der Waals surface area contributed by atoms with Gasteiger partial charge in [0.15, 0.2) is 0 Å². The highest BCUT2D eigenvalue weighted by atomic mass is 32.2. The van der Waals surface area contributed by atoms with E-state index in [0.29, 0.717) is 33.3 Å². The molecular weight excluding hydrogens is 417 g/mol. The topological polar surface area (TPSA) is 55.8 Å². The summed E-state index contributed by atoms with van der Waals surface area (Å²) < 4.78 is 25.0. The summed E-state index contributed by atoms with van der Waals surface area (Å²) in [6, 6.07) is 11.7. The van der Waals surface area contributed by atoms with Crippen LogP contribution in [0.15, 0.2) is 47.4 Å². The number of hydrogen-bond donors (Lipinski definition) is 0. The Morgan fingerprint density at radius 3 is 2.52 bits per heavy atom. The quantitative estimate of drug-likeness (QED) is 0.672. The molecule has 2 heterocycles. The van der Waals surface area contributed by atoms with Crippen molar-refractivity contribution in [3.63, 3.8) is 0 Å². The lowest BCUT2D eigenvalue weighted by Crippen LogP contribution is -2.49. The Kier molecular flexibility index (Phi) is 5.10. The summed E-state index contributed by atoms with van der Waals surface area (Å²) in [5.41, 5.74) is 1.72. The van der Waals surface area contributed by atoms with Crippen LogP contribution in [-0.2, 0) is 16.1 Å². The summed E-state index contributed by atoms with van der Waals surface area (Å²) in [4.78, 5) is 27.9. The first kappa shape index (κ1) is 20.3. The molecule has 3 aliphatic rings. The molecule has 5 nitrogen and oxygen atoms in total. The summed E-state index contributed by atoms with van der Waals surface area (Å²) in [5.74, 6) is 0.584. The molecule has 2 aromatic carbocycles. The highest BCUT2D eigenvalue weighted by Crippen LogP contribution is 2.47. The summed E-state index contributed by atoms with van der Waals surface area (Å²) in [6.07, 6.45) is 1.64. The molecule has 1 saturated heterocycles. The standard InChI is InChI=1S/C24H22FNO4S/c1-29-17-6-7-18-19(12-17)22-23(21(28)20(18)27)31-14-24(30-22)8-10-26(11-9-24)13-15-2-4-16(25)5-3-15/h2-7,12H,8-11,13-14H2,1H3. The van der Waals surface area contributed by atoms with Gasteiger partial charge in [0.05, 0.1) is 7.11 Å². The molecule has 0 saturated carbocycles. The van der Waals surface area contributed by atoms with Gasteiger partial charge in [-0.25, -0.2) is 4.39 Å². The number of likely N-dealkylation sites (tertiary alicyclic amines) is 1. The smallest absolute Gasteiger partial charge is 0.243 e. The fraction of sp³-hybridized carbons (Fsp3) is 0.333. The SMILES string of the molecule is COc1ccc2c(c1)C1=C(SCC3(CCN(Cc4ccc(F)cc4)CC3)O1)C(=O)C2=O. The number of carbonyl (C=O) groups is 2. The van der Waals surface area contributed by atoms with Crippen molar-refractivity contribution in [3.8, 4) is 5.75 Å². The summed E-state index contributed by atoms with van der Waals surface area (Å²) in [7, 11) is 1.57. The van der Waals surface area contributed by atoms with E-state index in [1.54, 1.807) is 25.3 Å². The maximum absolute atomic E-state index is 13.2. The van der Waals surface area contributed by atoms with E-state index in [1.807, 2.05) is 12.1 Å². The molecule has 2 aliphatic heterocycles. The maximum Gasteiger partial charge on any atom is 0.243 e. The zero-order valence-electron chi connectivity index (χ0n) is 17.2. The van der Waals surface area contributed by atoms with E-state index in [0.717, 1.165) is 38.0 Å². The number of methoxy groups -OCH3 is 1. The van der Waals surface area contributed by atoms with Crippen LogP contribution in [0.5, 0.6) is 5.75 Å². The predicted octanol–water partition coefficient (Wildman–Crippen LogP) is 4.07. The molecule has 1 spiro atoms. The number of ketones is 2. The number of hydrogen-bond acceptors (Lipinski definition) is 6. The van der Waals surface area contributed by atoms with Gasteiger partial charge < -0.3 is 9.47 Å².